The van der Waals surface area contributed by atoms with E-state index in [9.17, 15) is 14.7 Å². The van der Waals surface area contributed by atoms with Gasteiger partial charge in [0.2, 0.25) is 0 Å². The summed E-state index contributed by atoms with van der Waals surface area (Å²) < 4.78 is 9.44. The van der Waals surface area contributed by atoms with Crippen molar-refractivity contribution in [3.05, 3.63) is 0 Å². The molecule has 0 bridgehead atoms. The fraction of sp³-hybridized carbons (Fsp3) is 0.833. The monoisotopic (exact) mass is 259 g/mol. The smallest absolute Gasteiger partial charge is 0.386 e. The lowest BCUT2D eigenvalue weighted by Gasteiger charge is -2.25. The van der Waals surface area contributed by atoms with Gasteiger partial charge in [-0.25, -0.2) is 0 Å². The molecule has 104 valence electrons. The Morgan fingerprint density at radius 3 is 1.72 bits per heavy atom. The number of carbonyl (C=O) groups is 2. The van der Waals surface area contributed by atoms with Crippen LogP contribution in [0.2, 0.25) is 0 Å². The number of hydrogen-bond donors (Lipinski definition) is 2. The number of nitrogens with two attached hydrogens (primary N) is 1. The first kappa shape index (κ1) is 14.9. The van der Waals surface area contributed by atoms with Crippen molar-refractivity contribution < 1.29 is 24.2 Å². The zero-order valence-corrected chi connectivity index (χ0v) is 10.5. The standard InChI is InChI=1S/C12H21NO5/c13-9-12(16)17-10(14)7-5-3-1-2-4-6-8-11(15)18-12/h16H,1-9,13H2. The predicted molar refractivity (Wildman–Crippen MR) is 63.1 cm³/mol. The molecule has 6 nitrogen and oxygen atoms in total. The van der Waals surface area contributed by atoms with Crippen molar-refractivity contribution in [3.63, 3.8) is 0 Å². The van der Waals surface area contributed by atoms with Gasteiger partial charge in [0.05, 0.1) is 0 Å². The van der Waals surface area contributed by atoms with Crippen LogP contribution in [0.5, 0.6) is 0 Å². The van der Waals surface area contributed by atoms with Crippen molar-refractivity contribution in [2.24, 2.45) is 5.73 Å². The second kappa shape index (κ2) is 7.33. The maximum absolute atomic E-state index is 11.4. The van der Waals surface area contributed by atoms with Crippen LogP contribution >= 0.6 is 0 Å². The Kier molecular flexibility index (Phi) is 6.07. The zero-order chi connectivity index (χ0) is 13.4. The summed E-state index contributed by atoms with van der Waals surface area (Å²) in [6, 6.07) is 0. The molecule has 0 aromatic carbocycles. The molecule has 0 unspecified atom stereocenters. The molecule has 0 saturated carbocycles. The van der Waals surface area contributed by atoms with Gasteiger partial charge in [-0.15, -0.1) is 0 Å². The minimum absolute atomic E-state index is 0.194. The van der Waals surface area contributed by atoms with Crippen molar-refractivity contribution in [2.45, 2.75) is 57.3 Å². The van der Waals surface area contributed by atoms with Gasteiger partial charge in [-0.2, -0.15) is 0 Å². The summed E-state index contributed by atoms with van der Waals surface area (Å²) in [5.41, 5.74) is 5.27. The highest BCUT2D eigenvalue weighted by atomic mass is 16.8. The minimum atomic E-state index is -2.32. The summed E-state index contributed by atoms with van der Waals surface area (Å²) >= 11 is 0. The second-order valence-electron chi connectivity index (χ2n) is 4.49. The molecule has 1 saturated heterocycles. The van der Waals surface area contributed by atoms with E-state index in [-0.39, 0.29) is 12.8 Å². The first-order chi connectivity index (χ1) is 8.56. The molecule has 0 amide bonds. The molecule has 1 aliphatic heterocycles. The molecular formula is C12H21NO5. The van der Waals surface area contributed by atoms with Gasteiger partial charge >= 0.3 is 17.9 Å². The van der Waals surface area contributed by atoms with Crippen molar-refractivity contribution in [1.82, 2.24) is 0 Å². The summed E-state index contributed by atoms with van der Waals surface area (Å²) in [5.74, 6) is -3.52. The number of ether oxygens (including phenoxy) is 2. The van der Waals surface area contributed by atoms with E-state index < -0.39 is 24.5 Å². The van der Waals surface area contributed by atoms with Crippen LogP contribution < -0.4 is 5.73 Å². The van der Waals surface area contributed by atoms with Gasteiger partial charge in [0.25, 0.3) is 0 Å². The molecule has 6 heteroatoms. The molecule has 1 aliphatic rings. The molecule has 1 fully saturated rings. The molecule has 0 aliphatic carbocycles. The van der Waals surface area contributed by atoms with Crippen LogP contribution in [0.3, 0.4) is 0 Å². The third-order valence-corrected chi connectivity index (χ3v) is 2.82. The van der Waals surface area contributed by atoms with E-state index in [4.69, 9.17) is 15.2 Å². The third kappa shape index (κ3) is 5.46. The number of cyclic esters (lactones) is 2. The van der Waals surface area contributed by atoms with Crippen LogP contribution in [0.15, 0.2) is 0 Å². The van der Waals surface area contributed by atoms with Crippen molar-refractivity contribution in [2.75, 3.05) is 6.54 Å². The van der Waals surface area contributed by atoms with E-state index in [1.54, 1.807) is 0 Å². The number of aliphatic hydroxyl groups is 1. The lowest BCUT2D eigenvalue weighted by molar-refractivity contribution is -0.318. The lowest BCUT2D eigenvalue weighted by Crippen LogP contribution is -2.46. The van der Waals surface area contributed by atoms with Gasteiger partial charge in [-0.05, 0) is 12.8 Å². The van der Waals surface area contributed by atoms with Gasteiger partial charge in [-0.1, -0.05) is 25.7 Å². The molecule has 0 aromatic heterocycles. The highest BCUT2D eigenvalue weighted by Crippen LogP contribution is 2.16. The largest absolute Gasteiger partial charge is 0.397 e. The Balaban J connectivity index is 2.61. The highest BCUT2D eigenvalue weighted by Gasteiger charge is 2.34. The average Bonchev–Trinajstić information content (AvgIpc) is 2.32. The minimum Gasteiger partial charge on any atom is -0.397 e. The molecule has 1 rings (SSSR count). The topological polar surface area (TPSA) is 98.9 Å². The Hall–Kier alpha value is -1.14. The van der Waals surface area contributed by atoms with Gasteiger partial charge in [0.15, 0.2) is 0 Å². The summed E-state index contributed by atoms with van der Waals surface area (Å²) in [7, 11) is 0. The van der Waals surface area contributed by atoms with E-state index in [1.165, 1.54) is 0 Å². The van der Waals surface area contributed by atoms with E-state index in [0.29, 0.717) is 12.8 Å². The van der Waals surface area contributed by atoms with Gasteiger partial charge in [-0.3, -0.25) is 9.59 Å². The predicted octanol–water partition coefficient (Wildman–Crippen LogP) is 0.812. The van der Waals surface area contributed by atoms with Gasteiger partial charge in [0.1, 0.15) is 6.54 Å². The molecule has 3 N–H and O–H groups in total. The number of carbonyl (C=O) groups excluding carboxylic acids is 2. The maximum Gasteiger partial charge on any atom is 0.386 e. The number of hydrogen-bond acceptors (Lipinski definition) is 6. The van der Waals surface area contributed by atoms with Crippen LogP contribution in [0.25, 0.3) is 0 Å². The van der Waals surface area contributed by atoms with Gasteiger partial charge in [0, 0.05) is 12.8 Å². The maximum atomic E-state index is 11.4. The molecule has 18 heavy (non-hydrogen) atoms. The quantitative estimate of drug-likeness (QED) is 0.676. The first-order valence-electron chi connectivity index (χ1n) is 6.42. The summed E-state index contributed by atoms with van der Waals surface area (Å²) in [5, 5.41) is 9.76. The Morgan fingerprint density at radius 2 is 1.33 bits per heavy atom. The normalized spacial score (nSPS) is 23.0. The van der Waals surface area contributed by atoms with Gasteiger partial charge < -0.3 is 20.3 Å². The lowest BCUT2D eigenvalue weighted by atomic mass is 10.1. The summed E-state index contributed by atoms with van der Waals surface area (Å²) in [6.07, 6.45) is 5.73. The molecule has 0 aromatic rings. The Labute approximate surface area is 106 Å². The highest BCUT2D eigenvalue weighted by molar-refractivity contribution is 5.71. The van der Waals surface area contributed by atoms with E-state index in [1.807, 2.05) is 0 Å². The number of rotatable bonds is 1. The third-order valence-electron chi connectivity index (χ3n) is 2.82. The summed E-state index contributed by atoms with van der Waals surface area (Å²) in [4.78, 5) is 22.9. The molecule has 0 atom stereocenters. The van der Waals surface area contributed by atoms with Crippen LogP contribution in [-0.2, 0) is 19.1 Å². The second-order valence-corrected chi connectivity index (χ2v) is 4.49. The van der Waals surface area contributed by atoms with Crippen LogP contribution in [0.4, 0.5) is 0 Å². The molecular weight excluding hydrogens is 238 g/mol. The first-order valence-corrected chi connectivity index (χ1v) is 6.42. The fourth-order valence-electron chi connectivity index (χ4n) is 1.81. The van der Waals surface area contributed by atoms with E-state index >= 15 is 0 Å². The number of esters is 2. The SMILES string of the molecule is NCC1(O)OC(=O)CCCCCCCCC(=O)O1. The molecule has 1 heterocycles. The van der Waals surface area contributed by atoms with E-state index in [0.717, 1.165) is 25.7 Å². The Morgan fingerprint density at radius 1 is 0.944 bits per heavy atom. The summed E-state index contributed by atoms with van der Waals surface area (Å²) in [6.45, 7) is -0.468. The average molecular weight is 259 g/mol. The van der Waals surface area contributed by atoms with E-state index in [2.05, 4.69) is 0 Å². The fourth-order valence-corrected chi connectivity index (χ4v) is 1.81. The Bertz CT molecular complexity index is 268. The van der Waals surface area contributed by atoms with Crippen molar-refractivity contribution in [1.29, 1.82) is 0 Å². The molecule has 0 radical (unpaired) electrons. The van der Waals surface area contributed by atoms with Crippen molar-refractivity contribution >= 4 is 11.9 Å². The van der Waals surface area contributed by atoms with Crippen LogP contribution in [-0.4, -0.2) is 29.6 Å². The van der Waals surface area contributed by atoms with Crippen LogP contribution in [0.1, 0.15) is 51.4 Å². The zero-order valence-electron chi connectivity index (χ0n) is 10.5. The molecule has 0 spiro atoms. The van der Waals surface area contributed by atoms with Crippen molar-refractivity contribution in [3.8, 4) is 0 Å². The van der Waals surface area contributed by atoms with Crippen LogP contribution in [0, 0.1) is 0 Å².